The van der Waals surface area contributed by atoms with Gasteiger partial charge in [-0.05, 0) is 36.2 Å². The number of carbonyl (C=O) groups excluding carboxylic acids is 3. The number of imide groups is 1. The highest BCUT2D eigenvalue weighted by Gasteiger charge is 2.40. The van der Waals surface area contributed by atoms with Crippen LogP contribution in [-0.2, 0) is 11.2 Å². The minimum absolute atomic E-state index is 0.103. The Kier molecular flexibility index (Phi) is 3.31. The zero-order chi connectivity index (χ0) is 17.0. The molecule has 2 aromatic carbocycles. The van der Waals surface area contributed by atoms with E-state index in [4.69, 9.17) is 0 Å². The largest absolute Gasteiger partial charge is 0.310 e. The first-order valence-corrected chi connectivity index (χ1v) is 8.36. The number of hydrogen-bond donors (Lipinski definition) is 0. The summed E-state index contributed by atoms with van der Waals surface area (Å²) in [6.45, 7) is 2.04. The fourth-order valence-corrected chi connectivity index (χ4v) is 3.87. The molecule has 2 heterocycles. The van der Waals surface area contributed by atoms with Crippen LogP contribution in [0.3, 0.4) is 0 Å². The molecule has 3 amide bonds. The molecule has 24 heavy (non-hydrogen) atoms. The maximum absolute atomic E-state index is 12.8. The maximum Gasteiger partial charge on any atom is 0.266 e. The Morgan fingerprint density at radius 3 is 2.29 bits per heavy atom. The van der Waals surface area contributed by atoms with E-state index in [0.717, 1.165) is 10.0 Å². The fourth-order valence-electron chi connectivity index (χ4n) is 3.38. The molecule has 0 N–H and O–H groups in total. The van der Waals surface area contributed by atoms with Crippen molar-refractivity contribution in [3.63, 3.8) is 0 Å². The summed E-state index contributed by atoms with van der Waals surface area (Å²) >= 11 is 3.44. The second kappa shape index (κ2) is 5.27. The van der Waals surface area contributed by atoms with Gasteiger partial charge in [0.1, 0.15) is 0 Å². The number of carbonyl (C=O) groups is 3. The summed E-state index contributed by atoms with van der Waals surface area (Å²) in [6.07, 6.45) is 0.699. The SMILES string of the molecule is CC(=O)N1CCc2cc(Br)cc(N3C(=O)c4ccccc4C3=O)c21. The van der Waals surface area contributed by atoms with Gasteiger partial charge in [0, 0.05) is 17.9 Å². The van der Waals surface area contributed by atoms with E-state index in [-0.39, 0.29) is 17.7 Å². The van der Waals surface area contributed by atoms with Crippen molar-refractivity contribution in [2.75, 3.05) is 16.3 Å². The number of halogens is 1. The second-order valence-electron chi connectivity index (χ2n) is 5.84. The van der Waals surface area contributed by atoms with E-state index >= 15 is 0 Å². The molecule has 2 aliphatic rings. The lowest BCUT2D eigenvalue weighted by Crippen LogP contribution is -2.33. The third-order valence-corrected chi connectivity index (χ3v) is 4.88. The van der Waals surface area contributed by atoms with Crippen molar-refractivity contribution in [3.05, 3.63) is 57.6 Å². The Morgan fingerprint density at radius 2 is 1.71 bits per heavy atom. The van der Waals surface area contributed by atoms with Gasteiger partial charge in [-0.25, -0.2) is 4.90 Å². The Morgan fingerprint density at radius 1 is 1.08 bits per heavy atom. The summed E-state index contributed by atoms with van der Waals surface area (Å²) in [5, 5.41) is 0. The standard InChI is InChI=1S/C18H13BrN2O3/c1-10(22)20-7-6-11-8-12(19)9-15(16(11)20)21-17(23)13-4-2-3-5-14(13)18(21)24/h2-5,8-9H,6-7H2,1H3. The van der Waals surface area contributed by atoms with E-state index < -0.39 is 0 Å². The van der Waals surface area contributed by atoms with Gasteiger partial charge in [0.2, 0.25) is 5.91 Å². The van der Waals surface area contributed by atoms with Crippen LogP contribution in [0, 0.1) is 0 Å². The van der Waals surface area contributed by atoms with Gasteiger partial charge in [-0.3, -0.25) is 14.4 Å². The Labute approximate surface area is 147 Å². The summed E-state index contributed by atoms with van der Waals surface area (Å²) in [7, 11) is 0. The van der Waals surface area contributed by atoms with E-state index in [1.54, 1.807) is 35.2 Å². The first-order valence-electron chi connectivity index (χ1n) is 7.57. The van der Waals surface area contributed by atoms with Gasteiger partial charge >= 0.3 is 0 Å². The van der Waals surface area contributed by atoms with Crippen molar-refractivity contribution in [3.8, 4) is 0 Å². The number of rotatable bonds is 1. The molecule has 0 atom stereocenters. The van der Waals surface area contributed by atoms with Crippen LogP contribution in [0.15, 0.2) is 40.9 Å². The molecule has 6 heteroatoms. The van der Waals surface area contributed by atoms with Crippen molar-refractivity contribution in [1.29, 1.82) is 0 Å². The molecule has 4 rings (SSSR count). The molecule has 0 bridgehead atoms. The third-order valence-electron chi connectivity index (χ3n) is 4.42. The zero-order valence-electron chi connectivity index (χ0n) is 12.9. The van der Waals surface area contributed by atoms with E-state index in [1.165, 1.54) is 11.8 Å². The van der Waals surface area contributed by atoms with Gasteiger partial charge in [-0.15, -0.1) is 0 Å². The van der Waals surface area contributed by atoms with Gasteiger partial charge < -0.3 is 4.90 Å². The van der Waals surface area contributed by atoms with Crippen LogP contribution in [0.25, 0.3) is 0 Å². The molecule has 120 valence electrons. The predicted octanol–water partition coefficient (Wildman–Crippen LogP) is 3.16. The van der Waals surface area contributed by atoms with Crippen molar-refractivity contribution < 1.29 is 14.4 Å². The van der Waals surface area contributed by atoms with E-state index in [2.05, 4.69) is 15.9 Å². The van der Waals surface area contributed by atoms with Gasteiger partial charge in [0.15, 0.2) is 0 Å². The first-order chi connectivity index (χ1) is 11.5. The maximum atomic E-state index is 12.8. The van der Waals surface area contributed by atoms with Crippen molar-refractivity contribution in [1.82, 2.24) is 0 Å². The molecule has 0 aromatic heterocycles. The highest BCUT2D eigenvalue weighted by Crippen LogP contribution is 2.42. The third kappa shape index (κ3) is 2.03. The van der Waals surface area contributed by atoms with Crippen LogP contribution >= 0.6 is 15.9 Å². The van der Waals surface area contributed by atoms with Crippen LogP contribution in [0.4, 0.5) is 11.4 Å². The Hall–Kier alpha value is -2.47. The normalized spacial score (nSPS) is 15.8. The summed E-state index contributed by atoms with van der Waals surface area (Å²) in [5.41, 5.74) is 2.84. The second-order valence-corrected chi connectivity index (χ2v) is 6.76. The molecule has 0 spiro atoms. The molecule has 2 aliphatic heterocycles. The first kappa shape index (κ1) is 15.1. The van der Waals surface area contributed by atoms with Gasteiger partial charge in [-0.1, -0.05) is 28.1 Å². The smallest absolute Gasteiger partial charge is 0.266 e. The summed E-state index contributed by atoms with van der Waals surface area (Å²) in [6, 6.07) is 10.4. The molecule has 0 fully saturated rings. The Balaban J connectivity index is 1.92. The van der Waals surface area contributed by atoms with Crippen LogP contribution in [0.2, 0.25) is 0 Å². The van der Waals surface area contributed by atoms with Gasteiger partial charge in [-0.2, -0.15) is 0 Å². The van der Waals surface area contributed by atoms with Gasteiger partial charge in [0.05, 0.1) is 22.5 Å². The monoisotopic (exact) mass is 384 g/mol. The van der Waals surface area contributed by atoms with Crippen molar-refractivity contribution in [2.24, 2.45) is 0 Å². The number of nitrogens with zero attached hydrogens (tertiary/aromatic N) is 2. The lowest BCUT2D eigenvalue weighted by atomic mass is 10.1. The van der Waals surface area contributed by atoms with Crippen LogP contribution in [-0.4, -0.2) is 24.3 Å². The highest BCUT2D eigenvalue weighted by atomic mass is 79.9. The van der Waals surface area contributed by atoms with E-state index in [9.17, 15) is 14.4 Å². The molecule has 2 aromatic rings. The summed E-state index contributed by atoms with van der Waals surface area (Å²) < 4.78 is 0.776. The van der Waals surface area contributed by atoms with Crippen molar-refractivity contribution >= 4 is 45.0 Å². The quantitative estimate of drug-likeness (QED) is 0.709. The Bertz CT molecular complexity index is 887. The zero-order valence-corrected chi connectivity index (χ0v) is 14.5. The molecular formula is C18H13BrN2O3. The minimum Gasteiger partial charge on any atom is -0.310 e. The number of benzene rings is 2. The molecule has 0 aliphatic carbocycles. The fraction of sp³-hybridized carbons (Fsp3) is 0.167. The topological polar surface area (TPSA) is 57.7 Å². The number of anilines is 2. The van der Waals surface area contributed by atoms with Crippen LogP contribution < -0.4 is 9.80 Å². The summed E-state index contributed by atoms with van der Waals surface area (Å²) in [4.78, 5) is 40.3. The number of amides is 3. The summed E-state index contributed by atoms with van der Waals surface area (Å²) in [5.74, 6) is -0.813. The average Bonchev–Trinajstić information content (AvgIpc) is 3.08. The highest BCUT2D eigenvalue weighted by molar-refractivity contribution is 9.10. The molecule has 0 saturated heterocycles. The van der Waals surface area contributed by atoms with Crippen LogP contribution in [0.1, 0.15) is 33.2 Å². The lowest BCUT2D eigenvalue weighted by Gasteiger charge is -2.23. The molecular weight excluding hydrogens is 372 g/mol. The molecule has 0 unspecified atom stereocenters. The predicted molar refractivity (Wildman–Crippen MR) is 93.5 cm³/mol. The van der Waals surface area contributed by atoms with Gasteiger partial charge in [0.25, 0.3) is 11.8 Å². The minimum atomic E-state index is -0.355. The van der Waals surface area contributed by atoms with Crippen molar-refractivity contribution in [2.45, 2.75) is 13.3 Å². The molecule has 0 saturated carbocycles. The van der Waals surface area contributed by atoms with E-state index in [1.807, 2.05) is 6.07 Å². The molecule has 0 radical (unpaired) electrons. The molecule has 5 nitrogen and oxygen atoms in total. The van der Waals surface area contributed by atoms with E-state index in [0.29, 0.717) is 35.5 Å². The number of hydrogen-bond acceptors (Lipinski definition) is 3. The average molecular weight is 385 g/mol. The lowest BCUT2D eigenvalue weighted by molar-refractivity contribution is -0.116. The number of fused-ring (bicyclic) bond motifs is 2. The van der Waals surface area contributed by atoms with Crippen LogP contribution in [0.5, 0.6) is 0 Å².